The molecule has 1 saturated heterocycles. The molecular formula is C13H15F2N3. The third kappa shape index (κ3) is 1.79. The first-order chi connectivity index (χ1) is 8.66. The van der Waals surface area contributed by atoms with Crippen LogP contribution in [0.3, 0.4) is 0 Å². The summed E-state index contributed by atoms with van der Waals surface area (Å²) in [7, 11) is 1.81. The van der Waals surface area contributed by atoms with Crippen LogP contribution < -0.4 is 5.32 Å². The highest BCUT2D eigenvalue weighted by atomic mass is 19.1. The molecule has 5 heteroatoms. The van der Waals surface area contributed by atoms with Crippen LogP contribution >= 0.6 is 0 Å². The van der Waals surface area contributed by atoms with Gasteiger partial charge in [0.1, 0.15) is 17.2 Å². The summed E-state index contributed by atoms with van der Waals surface area (Å²) >= 11 is 0. The number of aryl methyl sites for hydroxylation is 1. The van der Waals surface area contributed by atoms with Crippen LogP contribution in [0.5, 0.6) is 0 Å². The standard InChI is InChI=1S/C13H15F2N3/c1-18-11-7-8(14)6-9(15)12(11)17-13(18)10-4-2-3-5-16-10/h6-7,10,16H,2-5H2,1H3. The molecular weight excluding hydrogens is 236 g/mol. The van der Waals surface area contributed by atoms with Gasteiger partial charge in [0.05, 0.1) is 11.6 Å². The van der Waals surface area contributed by atoms with Gasteiger partial charge in [-0.15, -0.1) is 0 Å². The van der Waals surface area contributed by atoms with Gasteiger partial charge >= 0.3 is 0 Å². The molecule has 18 heavy (non-hydrogen) atoms. The average molecular weight is 251 g/mol. The number of halogens is 2. The number of piperidine rings is 1. The lowest BCUT2D eigenvalue weighted by Crippen LogP contribution is -2.28. The van der Waals surface area contributed by atoms with Crippen LogP contribution in [0, 0.1) is 11.6 Å². The number of fused-ring (bicyclic) bond motifs is 1. The molecule has 1 aromatic carbocycles. The maximum absolute atomic E-state index is 13.7. The Labute approximate surface area is 104 Å². The molecule has 1 N–H and O–H groups in total. The van der Waals surface area contributed by atoms with Gasteiger partial charge in [0.15, 0.2) is 5.82 Å². The number of rotatable bonds is 1. The molecule has 3 nitrogen and oxygen atoms in total. The van der Waals surface area contributed by atoms with E-state index in [2.05, 4.69) is 10.3 Å². The van der Waals surface area contributed by atoms with Crippen LogP contribution in [-0.2, 0) is 7.05 Å². The zero-order valence-electron chi connectivity index (χ0n) is 10.2. The molecule has 2 heterocycles. The first kappa shape index (κ1) is 11.6. The van der Waals surface area contributed by atoms with Crippen molar-refractivity contribution in [3.63, 3.8) is 0 Å². The molecule has 0 saturated carbocycles. The Hall–Kier alpha value is -1.49. The minimum absolute atomic E-state index is 0.138. The van der Waals surface area contributed by atoms with Crippen LogP contribution in [0.1, 0.15) is 31.1 Å². The predicted octanol–water partition coefficient (Wildman–Crippen LogP) is 2.67. The highest BCUT2D eigenvalue weighted by Crippen LogP contribution is 2.27. The van der Waals surface area contributed by atoms with Crippen molar-refractivity contribution in [3.05, 3.63) is 29.6 Å². The van der Waals surface area contributed by atoms with Crippen LogP contribution in [0.15, 0.2) is 12.1 Å². The minimum atomic E-state index is -0.595. The number of nitrogens with one attached hydrogen (secondary N) is 1. The van der Waals surface area contributed by atoms with E-state index < -0.39 is 11.6 Å². The van der Waals surface area contributed by atoms with Crippen molar-refractivity contribution in [3.8, 4) is 0 Å². The molecule has 96 valence electrons. The lowest BCUT2D eigenvalue weighted by molar-refractivity contribution is 0.391. The summed E-state index contributed by atoms with van der Waals surface area (Å²) in [5.41, 5.74) is 0.760. The molecule has 1 fully saturated rings. The Balaban J connectivity index is 2.13. The second kappa shape index (κ2) is 4.31. The number of nitrogens with zero attached hydrogens (tertiary/aromatic N) is 2. The van der Waals surface area contributed by atoms with Gasteiger partial charge in [-0.05, 0) is 25.5 Å². The van der Waals surface area contributed by atoms with Crippen molar-refractivity contribution in [2.24, 2.45) is 7.05 Å². The van der Waals surface area contributed by atoms with Crippen molar-refractivity contribution in [1.82, 2.24) is 14.9 Å². The molecule has 1 aliphatic heterocycles. The van der Waals surface area contributed by atoms with Crippen molar-refractivity contribution in [2.45, 2.75) is 25.3 Å². The smallest absolute Gasteiger partial charge is 0.153 e. The van der Waals surface area contributed by atoms with E-state index in [0.717, 1.165) is 37.7 Å². The molecule has 1 atom stereocenters. The van der Waals surface area contributed by atoms with E-state index in [4.69, 9.17) is 0 Å². The molecule has 1 unspecified atom stereocenters. The topological polar surface area (TPSA) is 29.9 Å². The van der Waals surface area contributed by atoms with E-state index in [9.17, 15) is 8.78 Å². The van der Waals surface area contributed by atoms with Crippen LogP contribution in [0.4, 0.5) is 8.78 Å². The van der Waals surface area contributed by atoms with Crippen molar-refractivity contribution < 1.29 is 8.78 Å². The van der Waals surface area contributed by atoms with Crippen molar-refractivity contribution in [2.75, 3.05) is 6.54 Å². The second-order valence-electron chi connectivity index (χ2n) is 4.79. The number of hydrogen-bond donors (Lipinski definition) is 1. The van der Waals surface area contributed by atoms with Gasteiger partial charge in [0.2, 0.25) is 0 Å². The Morgan fingerprint density at radius 1 is 1.33 bits per heavy atom. The number of aromatic nitrogens is 2. The summed E-state index contributed by atoms with van der Waals surface area (Å²) in [6.07, 6.45) is 3.28. The SMILES string of the molecule is Cn1c(C2CCCCN2)nc2c(F)cc(F)cc21. The number of benzene rings is 1. The third-order valence-electron chi connectivity index (χ3n) is 3.56. The Kier molecular flexibility index (Phi) is 2.78. The van der Waals surface area contributed by atoms with Gasteiger partial charge < -0.3 is 9.88 Å². The maximum Gasteiger partial charge on any atom is 0.153 e. The molecule has 0 amide bonds. The summed E-state index contributed by atoms with van der Waals surface area (Å²) in [4.78, 5) is 4.34. The summed E-state index contributed by atoms with van der Waals surface area (Å²) in [6, 6.07) is 2.35. The van der Waals surface area contributed by atoms with Gasteiger partial charge in [0.25, 0.3) is 0 Å². The van der Waals surface area contributed by atoms with Crippen LogP contribution in [-0.4, -0.2) is 16.1 Å². The normalized spacial score (nSPS) is 20.5. The first-order valence-corrected chi connectivity index (χ1v) is 6.21. The molecule has 3 rings (SSSR count). The lowest BCUT2D eigenvalue weighted by Gasteiger charge is -2.22. The molecule has 0 radical (unpaired) electrons. The minimum Gasteiger partial charge on any atom is -0.330 e. The van der Waals surface area contributed by atoms with Gasteiger partial charge in [-0.25, -0.2) is 13.8 Å². The van der Waals surface area contributed by atoms with E-state index in [1.807, 2.05) is 0 Å². The summed E-state index contributed by atoms with van der Waals surface area (Å²) in [5, 5.41) is 3.37. The van der Waals surface area contributed by atoms with Crippen molar-refractivity contribution in [1.29, 1.82) is 0 Å². The molecule has 0 aliphatic carbocycles. The Bertz CT molecular complexity index is 585. The molecule has 1 aliphatic rings. The quantitative estimate of drug-likeness (QED) is 0.844. The van der Waals surface area contributed by atoms with Crippen LogP contribution in [0.25, 0.3) is 11.0 Å². The molecule has 2 aromatic rings. The van der Waals surface area contributed by atoms with Gasteiger partial charge in [-0.1, -0.05) is 6.42 Å². The largest absolute Gasteiger partial charge is 0.330 e. The van der Waals surface area contributed by atoms with E-state index in [-0.39, 0.29) is 11.6 Å². The predicted molar refractivity (Wildman–Crippen MR) is 65.2 cm³/mol. The van der Waals surface area contributed by atoms with Crippen LogP contribution in [0.2, 0.25) is 0 Å². The van der Waals surface area contributed by atoms with Gasteiger partial charge in [0, 0.05) is 13.1 Å². The van der Waals surface area contributed by atoms with E-state index in [1.54, 1.807) is 11.6 Å². The summed E-state index contributed by atoms with van der Waals surface area (Å²) in [6.45, 7) is 0.949. The molecule has 0 bridgehead atoms. The molecule has 1 aromatic heterocycles. The van der Waals surface area contributed by atoms with E-state index >= 15 is 0 Å². The maximum atomic E-state index is 13.7. The van der Waals surface area contributed by atoms with E-state index in [0.29, 0.717) is 5.52 Å². The average Bonchev–Trinajstić information content (AvgIpc) is 2.69. The summed E-state index contributed by atoms with van der Waals surface area (Å²) < 4.78 is 28.7. The Morgan fingerprint density at radius 2 is 2.17 bits per heavy atom. The van der Waals surface area contributed by atoms with Crippen molar-refractivity contribution >= 4 is 11.0 Å². The lowest BCUT2D eigenvalue weighted by atomic mass is 10.0. The monoisotopic (exact) mass is 251 g/mol. The fourth-order valence-corrected chi connectivity index (χ4v) is 2.62. The van der Waals surface area contributed by atoms with E-state index in [1.165, 1.54) is 6.07 Å². The second-order valence-corrected chi connectivity index (χ2v) is 4.79. The fraction of sp³-hybridized carbons (Fsp3) is 0.462. The molecule has 0 spiro atoms. The third-order valence-corrected chi connectivity index (χ3v) is 3.56. The number of imidazole rings is 1. The number of hydrogen-bond acceptors (Lipinski definition) is 2. The summed E-state index contributed by atoms with van der Waals surface area (Å²) in [5.74, 6) is -0.372. The zero-order valence-corrected chi connectivity index (χ0v) is 10.2. The zero-order chi connectivity index (χ0) is 12.7. The fourth-order valence-electron chi connectivity index (χ4n) is 2.62. The Morgan fingerprint density at radius 3 is 2.89 bits per heavy atom. The first-order valence-electron chi connectivity index (χ1n) is 6.21. The highest BCUT2D eigenvalue weighted by Gasteiger charge is 2.22. The van der Waals surface area contributed by atoms with Gasteiger partial charge in [-0.2, -0.15) is 0 Å². The van der Waals surface area contributed by atoms with Gasteiger partial charge in [-0.3, -0.25) is 0 Å². The highest BCUT2D eigenvalue weighted by molar-refractivity contribution is 5.76.